The Hall–Kier alpha value is -2.67. The van der Waals surface area contributed by atoms with Gasteiger partial charge in [0.1, 0.15) is 5.75 Å². The molecule has 0 bridgehead atoms. The Kier molecular flexibility index (Phi) is 6.91. The van der Waals surface area contributed by atoms with E-state index in [1.165, 1.54) is 23.8 Å². The molecule has 2 amide bonds. The molecule has 0 aliphatic carbocycles. The maximum Gasteiger partial charge on any atom is 0.387 e. The molecular weight excluding hydrogens is 340 g/mol. The fourth-order valence-corrected chi connectivity index (χ4v) is 2.50. The lowest BCUT2D eigenvalue weighted by Gasteiger charge is -2.25. The van der Waals surface area contributed by atoms with Gasteiger partial charge in [-0.15, -0.1) is 0 Å². The largest absolute Gasteiger partial charge is 0.435 e. The first kappa shape index (κ1) is 19.7. The number of likely N-dealkylation sites (N-methyl/N-ethyl adjacent to an activating group) is 1. The van der Waals surface area contributed by atoms with Gasteiger partial charge in [0.2, 0.25) is 0 Å². The number of carbonyl (C=O) groups is 1. The van der Waals surface area contributed by atoms with Crippen molar-refractivity contribution in [3.05, 3.63) is 59.7 Å². The van der Waals surface area contributed by atoms with E-state index < -0.39 is 12.6 Å². The lowest BCUT2D eigenvalue weighted by Crippen LogP contribution is -2.36. The summed E-state index contributed by atoms with van der Waals surface area (Å²) in [5.41, 5.74) is 2.63. The van der Waals surface area contributed by atoms with Gasteiger partial charge in [0.05, 0.1) is 6.04 Å². The van der Waals surface area contributed by atoms with Crippen LogP contribution in [0.1, 0.15) is 17.2 Å². The summed E-state index contributed by atoms with van der Waals surface area (Å²) in [4.78, 5) is 14.1. The number of ether oxygens (including phenoxy) is 1. The normalized spacial score (nSPS) is 12.1. The minimum atomic E-state index is -2.91. The number of halogens is 2. The third-order valence-corrected chi connectivity index (χ3v) is 3.86. The fourth-order valence-electron chi connectivity index (χ4n) is 2.50. The molecule has 0 aromatic heterocycles. The second kappa shape index (κ2) is 9.15. The summed E-state index contributed by atoms with van der Waals surface area (Å²) in [5.74, 6) is -0.0105. The third-order valence-electron chi connectivity index (χ3n) is 3.86. The molecule has 2 aromatic rings. The molecule has 2 aromatic carbocycles. The third kappa shape index (κ3) is 6.00. The molecule has 0 aliphatic heterocycles. The first-order valence-corrected chi connectivity index (χ1v) is 8.18. The average Bonchev–Trinajstić information content (AvgIpc) is 2.56. The summed E-state index contributed by atoms with van der Waals surface area (Å²) in [7, 11) is 3.88. The van der Waals surface area contributed by atoms with Gasteiger partial charge in [-0.25, -0.2) is 4.79 Å². The summed E-state index contributed by atoms with van der Waals surface area (Å²) in [6.45, 7) is -0.490. The maximum atomic E-state index is 12.3. The molecule has 0 saturated carbocycles. The number of nitrogens with zero attached hydrogens (tertiary/aromatic N) is 1. The number of hydrogen-bond donors (Lipinski definition) is 2. The number of amides is 2. The van der Waals surface area contributed by atoms with Crippen molar-refractivity contribution in [2.45, 2.75) is 19.6 Å². The van der Waals surface area contributed by atoms with E-state index in [1.54, 1.807) is 6.07 Å². The zero-order valence-electron chi connectivity index (χ0n) is 15.0. The van der Waals surface area contributed by atoms with E-state index in [4.69, 9.17) is 0 Å². The number of anilines is 1. The molecule has 0 aliphatic rings. The van der Waals surface area contributed by atoms with E-state index in [1.807, 2.05) is 50.2 Å². The highest BCUT2D eigenvalue weighted by Crippen LogP contribution is 2.20. The zero-order valence-corrected chi connectivity index (χ0v) is 15.0. The molecule has 0 heterocycles. The van der Waals surface area contributed by atoms with Crippen LogP contribution in [0.5, 0.6) is 5.75 Å². The number of carbonyl (C=O) groups excluding carboxylic acids is 1. The summed E-state index contributed by atoms with van der Waals surface area (Å²) in [5, 5.41) is 5.42. The smallest absolute Gasteiger partial charge is 0.387 e. The lowest BCUT2D eigenvalue weighted by molar-refractivity contribution is -0.0497. The Balaban J connectivity index is 1.95. The number of hydrogen-bond acceptors (Lipinski definition) is 3. The van der Waals surface area contributed by atoms with Crippen molar-refractivity contribution in [3.8, 4) is 5.75 Å². The van der Waals surface area contributed by atoms with Crippen LogP contribution in [-0.4, -0.2) is 38.2 Å². The lowest BCUT2D eigenvalue weighted by atomic mass is 10.0. The second-order valence-corrected chi connectivity index (χ2v) is 6.13. The molecule has 0 saturated heterocycles. The van der Waals surface area contributed by atoms with E-state index in [0.29, 0.717) is 12.2 Å². The monoisotopic (exact) mass is 363 g/mol. The van der Waals surface area contributed by atoms with Crippen molar-refractivity contribution in [1.29, 1.82) is 0 Å². The number of aryl methyl sites for hydroxylation is 1. The molecule has 7 heteroatoms. The number of alkyl halides is 2. The van der Waals surface area contributed by atoms with Crippen LogP contribution in [-0.2, 0) is 0 Å². The van der Waals surface area contributed by atoms with Crippen LogP contribution in [0.3, 0.4) is 0 Å². The van der Waals surface area contributed by atoms with Gasteiger partial charge in [0, 0.05) is 18.3 Å². The van der Waals surface area contributed by atoms with E-state index in [0.717, 1.165) is 5.56 Å². The maximum absolute atomic E-state index is 12.3. The van der Waals surface area contributed by atoms with Crippen LogP contribution in [0.25, 0.3) is 0 Å². The predicted molar refractivity (Wildman–Crippen MR) is 97.7 cm³/mol. The average molecular weight is 363 g/mol. The first-order valence-electron chi connectivity index (χ1n) is 8.18. The zero-order chi connectivity index (χ0) is 19.1. The SMILES string of the molecule is Cc1ccc(C(CNC(=O)Nc2cccc(OC(F)F)c2)N(C)C)cc1. The van der Waals surface area contributed by atoms with Crippen LogP contribution in [0.4, 0.5) is 19.3 Å². The highest BCUT2D eigenvalue weighted by atomic mass is 19.3. The number of rotatable bonds is 7. The van der Waals surface area contributed by atoms with Crippen LogP contribution in [0.15, 0.2) is 48.5 Å². The molecule has 140 valence electrons. The van der Waals surface area contributed by atoms with Gasteiger partial charge in [-0.1, -0.05) is 35.9 Å². The Morgan fingerprint density at radius 1 is 1.15 bits per heavy atom. The van der Waals surface area contributed by atoms with Gasteiger partial charge >= 0.3 is 12.6 Å². The van der Waals surface area contributed by atoms with Gasteiger partial charge in [-0.05, 0) is 38.7 Å². The van der Waals surface area contributed by atoms with Crippen LogP contribution in [0.2, 0.25) is 0 Å². The Morgan fingerprint density at radius 2 is 1.85 bits per heavy atom. The predicted octanol–water partition coefficient (Wildman–Crippen LogP) is 4.02. The quantitative estimate of drug-likeness (QED) is 0.781. The second-order valence-electron chi connectivity index (χ2n) is 6.13. The molecule has 0 fully saturated rings. The van der Waals surface area contributed by atoms with E-state index in [-0.39, 0.29) is 11.8 Å². The number of benzene rings is 2. The van der Waals surface area contributed by atoms with Gasteiger partial charge in [0.25, 0.3) is 0 Å². The van der Waals surface area contributed by atoms with Crippen molar-refractivity contribution in [2.75, 3.05) is 26.0 Å². The standard InChI is InChI=1S/C19H23F2N3O2/c1-13-7-9-14(10-8-13)17(24(2)3)12-22-19(25)23-15-5-4-6-16(11-15)26-18(20)21/h4-11,17-18H,12H2,1-3H3,(H2,22,23,25). The topological polar surface area (TPSA) is 53.6 Å². The minimum Gasteiger partial charge on any atom is -0.435 e. The van der Waals surface area contributed by atoms with Crippen molar-refractivity contribution in [2.24, 2.45) is 0 Å². The molecule has 0 spiro atoms. The van der Waals surface area contributed by atoms with E-state index >= 15 is 0 Å². The van der Waals surface area contributed by atoms with Crippen LogP contribution in [0, 0.1) is 6.92 Å². The Morgan fingerprint density at radius 3 is 2.46 bits per heavy atom. The highest BCUT2D eigenvalue weighted by Gasteiger charge is 2.15. The summed E-state index contributed by atoms with van der Waals surface area (Å²) in [6.07, 6.45) is 0. The highest BCUT2D eigenvalue weighted by molar-refractivity contribution is 5.89. The van der Waals surface area contributed by atoms with Crippen molar-refractivity contribution < 1.29 is 18.3 Å². The summed E-state index contributed by atoms with van der Waals surface area (Å²) < 4.78 is 28.8. The van der Waals surface area contributed by atoms with Crippen LogP contribution >= 0.6 is 0 Å². The number of nitrogens with one attached hydrogen (secondary N) is 2. The van der Waals surface area contributed by atoms with Crippen molar-refractivity contribution in [3.63, 3.8) is 0 Å². The van der Waals surface area contributed by atoms with Crippen LogP contribution < -0.4 is 15.4 Å². The molecule has 0 radical (unpaired) electrons. The molecular formula is C19H23F2N3O2. The van der Waals surface area contributed by atoms with Gasteiger partial charge < -0.3 is 20.3 Å². The minimum absolute atomic E-state index is 0.00912. The van der Waals surface area contributed by atoms with E-state index in [2.05, 4.69) is 15.4 Å². The summed E-state index contributed by atoms with van der Waals surface area (Å²) in [6, 6.07) is 13.6. The van der Waals surface area contributed by atoms with Crippen molar-refractivity contribution >= 4 is 11.7 Å². The van der Waals surface area contributed by atoms with Gasteiger partial charge in [0.15, 0.2) is 0 Å². The van der Waals surface area contributed by atoms with Crippen molar-refractivity contribution in [1.82, 2.24) is 10.2 Å². The molecule has 26 heavy (non-hydrogen) atoms. The molecule has 1 unspecified atom stereocenters. The van der Waals surface area contributed by atoms with E-state index in [9.17, 15) is 13.6 Å². The molecule has 2 N–H and O–H groups in total. The fraction of sp³-hybridized carbons (Fsp3) is 0.316. The molecule has 1 atom stereocenters. The Labute approximate surface area is 152 Å². The first-order chi connectivity index (χ1) is 12.3. The summed E-state index contributed by atoms with van der Waals surface area (Å²) >= 11 is 0. The molecule has 2 rings (SSSR count). The van der Waals surface area contributed by atoms with Gasteiger partial charge in [-0.3, -0.25) is 0 Å². The Bertz CT molecular complexity index is 721. The van der Waals surface area contributed by atoms with Gasteiger partial charge in [-0.2, -0.15) is 8.78 Å². The number of urea groups is 1. The molecule has 5 nitrogen and oxygen atoms in total.